The van der Waals surface area contributed by atoms with Gasteiger partial charge in [0.1, 0.15) is 5.60 Å². The molecule has 1 aliphatic heterocycles. The van der Waals surface area contributed by atoms with Gasteiger partial charge < -0.3 is 19.9 Å². The van der Waals surface area contributed by atoms with Crippen molar-refractivity contribution in [3.8, 4) is 0 Å². The van der Waals surface area contributed by atoms with E-state index in [1.807, 2.05) is 0 Å². The number of alkyl carbamates (subject to hydrolysis) is 1. The zero-order valence-corrected chi connectivity index (χ0v) is 15.2. The van der Waals surface area contributed by atoms with Crippen LogP contribution in [-0.4, -0.2) is 57.9 Å². The van der Waals surface area contributed by atoms with Crippen molar-refractivity contribution in [2.75, 3.05) is 0 Å². The van der Waals surface area contributed by atoms with Crippen molar-refractivity contribution < 1.29 is 33.8 Å². The van der Waals surface area contributed by atoms with E-state index in [2.05, 4.69) is 5.32 Å². The minimum absolute atomic E-state index is 0.397. The highest BCUT2D eigenvalue weighted by molar-refractivity contribution is 5.96. The molecule has 1 fully saturated rings. The Labute approximate surface area is 145 Å². The molecule has 0 aromatic rings. The van der Waals surface area contributed by atoms with Gasteiger partial charge in [-0.2, -0.15) is 0 Å². The number of hydrogen-bond donors (Lipinski definition) is 2. The molecule has 0 bridgehead atoms. The zero-order chi connectivity index (χ0) is 19.5. The summed E-state index contributed by atoms with van der Waals surface area (Å²) in [7, 11) is 0. The number of nitrogens with one attached hydrogen (secondary N) is 1. The summed E-state index contributed by atoms with van der Waals surface area (Å²) in [6, 6.07) is -2.50. The number of amides is 2. The van der Waals surface area contributed by atoms with E-state index < -0.39 is 47.9 Å². The first kappa shape index (κ1) is 20.5. The molecule has 0 aromatic heterocycles. The molecular weight excluding hydrogens is 332 g/mol. The van der Waals surface area contributed by atoms with E-state index in [4.69, 9.17) is 9.47 Å². The second-order valence-electron chi connectivity index (χ2n) is 6.64. The highest BCUT2D eigenvalue weighted by Gasteiger charge is 2.56. The number of aliphatic carboxylic acids is 1. The lowest BCUT2D eigenvalue weighted by molar-refractivity contribution is -0.197. The van der Waals surface area contributed by atoms with Crippen LogP contribution in [0, 0.1) is 0 Å². The molecular formula is C16H24N2O7. The maximum atomic E-state index is 12.4. The van der Waals surface area contributed by atoms with Crippen LogP contribution < -0.4 is 5.32 Å². The van der Waals surface area contributed by atoms with Crippen LogP contribution in [0.4, 0.5) is 4.79 Å². The number of esters is 1. The second-order valence-corrected chi connectivity index (χ2v) is 6.64. The van der Waals surface area contributed by atoms with Crippen molar-refractivity contribution >= 4 is 23.9 Å². The van der Waals surface area contributed by atoms with Gasteiger partial charge in [0.05, 0.1) is 0 Å². The van der Waals surface area contributed by atoms with Gasteiger partial charge >= 0.3 is 18.0 Å². The molecule has 0 aliphatic carbocycles. The number of rotatable bonds is 5. The Balaban J connectivity index is 3.03. The summed E-state index contributed by atoms with van der Waals surface area (Å²) < 4.78 is 10.1. The van der Waals surface area contributed by atoms with Gasteiger partial charge in [0.2, 0.25) is 6.23 Å². The van der Waals surface area contributed by atoms with Gasteiger partial charge in [-0.15, -0.1) is 0 Å². The van der Waals surface area contributed by atoms with Crippen molar-refractivity contribution in [2.24, 2.45) is 0 Å². The number of carboxylic acids is 1. The molecule has 2 amide bonds. The number of allylic oxidation sites excluding steroid dienone is 1. The Bertz CT molecular complexity index is 606. The third-order valence-electron chi connectivity index (χ3n) is 3.44. The summed E-state index contributed by atoms with van der Waals surface area (Å²) in [5, 5.41) is 11.7. The minimum atomic E-state index is -1.29. The molecule has 1 saturated heterocycles. The van der Waals surface area contributed by atoms with Crippen LogP contribution in [0.15, 0.2) is 11.6 Å². The van der Waals surface area contributed by atoms with E-state index in [1.165, 1.54) is 0 Å². The van der Waals surface area contributed by atoms with E-state index >= 15 is 0 Å². The van der Waals surface area contributed by atoms with Crippen LogP contribution >= 0.6 is 0 Å². The zero-order valence-electron chi connectivity index (χ0n) is 15.2. The monoisotopic (exact) mass is 356 g/mol. The molecule has 9 nitrogen and oxygen atoms in total. The molecule has 3 atom stereocenters. The van der Waals surface area contributed by atoms with Gasteiger partial charge in [0, 0.05) is 6.92 Å². The lowest BCUT2D eigenvalue weighted by Gasteiger charge is -2.48. The summed E-state index contributed by atoms with van der Waals surface area (Å²) in [5.41, 5.74) is -0.382. The number of nitrogens with zero attached hydrogens (tertiary/aromatic N) is 1. The van der Waals surface area contributed by atoms with Crippen LogP contribution in [0.25, 0.3) is 0 Å². The normalized spacial score (nSPS) is 21.9. The number of ether oxygens (including phenoxy) is 2. The fourth-order valence-corrected chi connectivity index (χ4v) is 2.31. The van der Waals surface area contributed by atoms with Crippen molar-refractivity contribution in [3.63, 3.8) is 0 Å². The molecule has 1 unspecified atom stereocenters. The molecule has 2 N–H and O–H groups in total. The van der Waals surface area contributed by atoms with Gasteiger partial charge in [-0.05, 0) is 40.2 Å². The predicted molar refractivity (Wildman–Crippen MR) is 86.4 cm³/mol. The smallest absolute Gasteiger partial charge is 0.408 e. The van der Waals surface area contributed by atoms with Crippen molar-refractivity contribution in [1.82, 2.24) is 10.2 Å². The molecule has 25 heavy (non-hydrogen) atoms. The fraction of sp³-hybridized carbons (Fsp3) is 0.625. The highest BCUT2D eigenvalue weighted by atomic mass is 16.6. The van der Waals surface area contributed by atoms with Crippen molar-refractivity contribution in [1.29, 1.82) is 0 Å². The lowest BCUT2D eigenvalue weighted by Crippen LogP contribution is -2.75. The fourth-order valence-electron chi connectivity index (χ4n) is 2.31. The molecule has 0 spiro atoms. The quantitative estimate of drug-likeness (QED) is 0.428. The number of β-lactam (4-membered cyclic amide) rings is 1. The maximum Gasteiger partial charge on any atom is 0.408 e. The Morgan fingerprint density at radius 1 is 1.28 bits per heavy atom. The summed E-state index contributed by atoms with van der Waals surface area (Å²) >= 11 is 0. The maximum absolute atomic E-state index is 12.4. The number of carbonyl (C=O) groups excluding carboxylic acids is 3. The Morgan fingerprint density at radius 3 is 2.24 bits per heavy atom. The Hall–Kier alpha value is -2.58. The summed E-state index contributed by atoms with van der Waals surface area (Å²) in [4.78, 5) is 48.0. The standard InChI is InChI=1S/C16H24N2O7/c1-7-8(2)11(14(21)22)18-12(20)10(13(18)24-9(3)19)17-15(23)25-16(4,5)6/h7,10-11,13H,1-6H3,(H,17,23)(H,21,22)/t10-,11?,13+/m1/s1. The highest BCUT2D eigenvalue weighted by Crippen LogP contribution is 2.28. The molecule has 0 radical (unpaired) electrons. The second kappa shape index (κ2) is 7.54. The molecule has 1 heterocycles. The minimum Gasteiger partial charge on any atom is -0.479 e. The first-order valence-corrected chi connectivity index (χ1v) is 7.73. The number of hydrogen-bond acceptors (Lipinski definition) is 6. The predicted octanol–water partition coefficient (Wildman–Crippen LogP) is 1.03. The average Bonchev–Trinajstić information content (AvgIpc) is 2.45. The van der Waals surface area contributed by atoms with E-state index in [1.54, 1.807) is 40.7 Å². The van der Waals surface area contributed by atoms with Crippen LogP contribution in [0.2, 0.25) is 0 Å². The first-order valence-electron chi connectivity index (χ1n) is 7.73. The van der Waals surface area contributed by atoms with E-state index in [0.717, 1.165) is 11.8 Å². The Kier molecular flexibility index (Phi) is 6.17. The first-order chi connectivity index (χ1) is 11.4. The third kappa shape index (κ3) is 4.94. The number of likely N-dealkylation sites (tertiary alicyclic amines) is 1. The van der Waals surface area contributed by atoms with Gasteiger partial charge in [-0.3, -0.25) is 14.5 Å². The van der Waals surface area contributed by atoms with Gasteiger partial charge in [0.15, 0.2) is 12.1 Å². The number of carboxylic acid groups (broad SMARTS) is 1. The molecule has 140 valence electrons. The summed E-state index contributed by atoms with van der Waals surface area (Å²) in [5.74, 6) is -2.65. The lowest BCUT2D eigenvalue weighted by atomic mass is 9.96. The van der Waals surface area contributed by atoms with Crippen LogP contribution in [0.1, 0.15) is 41.5 Å². The van der Waals surface area contributed by atoms with Gasteiger partial charge in [-0.1, -0.05) is 6.08 Å². The molecule has 1 aliphatic rings. The van der Waals surface area contributed by atoms with Gasteiger partial charge in [-0.25, -0.2) is 9.59 Å². The SMILES string of the molecule is CC=C(C)C(C(=O)O)N1C(=O)[C@@H](NC(=O)OC(C)(C)C)[C@@H]1OC(C)=O. The molecule has 0 saturated carbocycles. The topological polar surface area (TPSA) is 122 Å². The van der Waals surface area contributed by atoms with E-state index in [-0.39, 0.29) is 0 Å². The van der Waals surface area contributed by atoms with Gasteiger partial charge in [0.25, 0.3) is 5.91 Å². The average molecular weight is 356 g/mol. The third-order valence-corrected chi connectivity index (χ3v) is 3.44. The van der Waals surface area contributed by atoms with Crippen LogP contribution in [-0.2, 0) is 23.9 Å². The van der Waals surface area contributed by atoms with E-state index in [0.29, 0.717) is 5.57 Å². The largest absolute Gasteiger partial charge is 0.479 e. The van der Waals surface area contributed by atoms with Crippen LogP contribution in [0.3, 0.4) is 0 Å². The molecule has 1 rings (SSSR count). The van der Waals surface area contributed by atoms with Crippen LogP contribution in [0.5, 0.6) is 0 Å². The summed E-state index contributed by atoms with van der Waals surface area (Å²) in [6.45, 7) is 9.27. The van der Waals surface area contributed by atoms with Crippen molar-refractivity contribution in [3.05, 3.63) is 11.6 Å². The Morgan fingerprint density at radius 2 is 1.84 bits per heavy atom. The number of carbonyl (C=O) groups is 4. The summed E-state index contributed by atoms with van der Waals surface area (Å²) in [6.07, 6.45) is -0.545. The van der Waals surface area contributed by atoms with Crippen molar-refractivity contribution in [2.45, 2.75) is 65.5 Å². The van der Waals surface area contributed by atoms with E-state index in [9.17, 15) is 24.3 Å². The molecule has 0 aromatic carbocycles. The molecule has 9 heteroatoms.